The molecule has 7 heteroatoms. The number of aryl methyl sites for hydroxylation is 1. The van der Waals surface area contributed by atoms with E-state index in [0.29, 0.717) is 6.54 Å². The predicted molar refractivity (Wildman–Crippen MR) is 86.7 cm³/mol. The van der Waals surface area contributed by atoms with E-state index in [9.17, 15) is 0 Å². The van der Waals surface area contributed by atoms with E-state index in [2.05, 4.69) is 39.7 Å². The van der Waals surface area contributed by atoms with E-state index >= 15 is 0 Å². The summed E-state index contributed by atoms with van der Waals surface area (Å²) in [5.41, 5.74) is 0. The van der Waals surface area contributed by atoms with Crippen molar-refractivity contribution in [1.29, 1.82) is 0 Å². The Bertz CT molecular complexity index is 399. The molecule has 2 N–H and O–H groups in total. The van der Waals surface area contributed by atoms with E-state index in [1.807, 2.05) is 4.57 Å². The molecule has 1 aromatic rings. The van der Waals surface area contributed by atoms with Gasteiger partial charge < -0.3 is 15.2 Å². The van der Waals surface area contributed by atoms with E-state index in [1.54, 1.807) is 6.33 Å². The molecule has 0 unspecified atom stereocenters. The van der Waals surface area contributed by atoms with Gasteiger partial charge in [0, 0.05) is 19.6 Å². The quantitative estimate of drug-likeness (QED) is 0.446. The zero-order valence-corrected chi connectivity index (χ0v) is 13.9. The molecule has 1 aromatic heterocycles. The molecule has 1 aliphatic rings. The zero-order valence-electron chi connectivity index (χ0n) is 11.6. The Morgan fingerprint density at radius 2 is 2.21 bits per heavy atom. The van der Waals surface area contributed by atoms with Crippen molar-refractivity contribution in [3.05, 3.63) is 12.2 Å². The number of hydrogen-bond donors (Lipinski definition) is 2. The number of nitrogens with zero attached hydrogens (tertiary/aromatic N) is 4. The van der Waals surface area contributed by atoms with Gasteiger partial charge in [-0.3, -0.25) is 0 Å². The minimum absolute atomic E-state index is 0. The van der Waals surface area contributed by atoms with Gasteiger partial charge in [-0.05, 0) is 32.6 Å². The van der Waals surface area contributed by atoms with Crippen molar-refractivity contribution >= 4 is 29.9 Å². The van der Waals surface area contributed by atoms with Gasteiger partial charge in [-0.1, -0.05) is 0 Å². The number of aliphatic imine (C=N–C) groups is 1. The van der Waals surface area contributed by atoms with Gasteiger partial charge in [0.2, 0.25) is 0 Å². The fourth-order valence-electron chi connectivity index (χ4n) is 1.72. The lowest BCUT2D eigenvalue weighted by Gasteiger charge is -2.10. The lowest BCUT2D eigenvalue weighted by molar-refractivity contribution is 0.690. The largest absolute Gasteiger partial charge is 0.357 e. The third-order valence-corrected chi connectivity index (χ3v) is 3.01. The second-order valence-corrected chi connectivity index (χ2v) is 4.55. The van der Waals surface area contributed by atoms with Gasteiger partial charge >= 0.3 is 0 Å². The Hall–Kier alpha value is -0.860. The SMILES string of the molecule is CCNC(=NCc1nncn1CC)NCC1CC1.I. The Balaban J connectivity index is 0.00000180. The molecule has 1 saturated carbocycles. The van der Waals surface area contributed by atoms with Gasteiger partial charge in [-0.25, -0.2) is 4.99 Å². The highest BCUT2D eigenvalue weighted by molar-refractivity contribution is 14.0. The third-order valence-electron chi connectivity index (χ3n) is 3.01. The van der Waals surface area contributed by atoms with Gasteiger partial charge in [0.25, 0.3) is 0 Å². The third kappa shape index (κ3) is 5.33. The lowest BCUT2D eigenvalue weighted by Crippen LogP contribution is -2.38. The second-order valence-electron chi connectivity index (χ2n) is 4.55. The highest BCUT2D eigenvalue weighted by Gasteiger charge is 2.21. The van der Waals surface area contributed by atoms with Crippen LogP contribution in [0.15, 0.2) is 11.3 Å². The molecule has 0 atom stereocenters. The topological polar surface area (TPSA) is 67.1 Å². The lowest BCUT2D eigenvalue weighted by atomic mass is 10.4. The number of halogens is 1. The molecule has 0 aliphatic heterocycles. The minimum atomic E-state index is 0. The van der Waals surface area contributed by atoms with Crippen molar-refractivity contribution in [2.24, 2.45) is 10.9 Å². The van der Waals surface area contributed by atoms with E-state index in [1.165, 1.54) is 12.8 Å². The summed E-state index contributed by atoms with van der Waals surface area (Å²) in [6.45, 7) is 7.48. The van der Waals surface area contributed by atoms with E-state index in [0.717, 1.165) is 37.3 Å². The average molecular weight is 378 g/mol. The molecule has 19 heavy (non-hydrogen) atoms. The van der Waals surface area contributed by atoms with Crippen molar-refractivity contribution in [2.45, 2.75) is 39.8 Å². The molecule has 108 valence electrons. The Kier molecular flexibility index (Phi) is 7.11. The van der Waals surface area contributed by atoms with Gasteiger partial charge in [-0.2, -0.15) is 0 Å². The van der Waals surface area contributed by atoms with Crippen molar-refractivity contribution in [3.63, 3.8) is 0 Å². The minimum Gasteiger partial charge on any atom is -0.357 e. The molecule has 1 heterocycles. The van der Waals surface area contributed by atoms with Gasteiger partial charge in [0.1, 0.15) is 12.9 Å². The van der Waals surface area contributed by atoms with Crippen LogP contribution >= 0.6 is 24.0 Å². The van der Waals surface area contributed by atoms with Crippen LogP contribution in [-0.2, 0) is 13.1 Å². The van der Waals surface area contributed by atoms with Crippen LogP contribution in [-0.4, -0.2) is 33.8 Å². The summed E-state index contributed by atoms with van der Waals surface area (Å²) < 4.78 is 2.01. The average Bonchev–Trinajstić information content (AvgIpc) is 3.10. The predicted octanol–water partition coefficient (Wildman–Crippen LogP) is 1.38. The molecule has 0 aromatic carbocycles. The fourth-order valence-corrected chi connectivity index (χ4v) is 1.72. The fraction of sp³-hybridized carbons (Fsp3) is 0.750. The van der Waals surface area contributed by atoms with Crippen molar-refractivity contribution in [1.82, 2.24) is 25.4 Å². The Morgan fingerprint density at radius 3 is 2.84 bits per heavy atom. The summed E-state index contributed by atoms with van der Waals surface area (Å²) in [6.07, 6.45) is 4.43. The van der Waals surface area contributed by atoms with Crippen LogP contribution < -0.4 is 10.6 Å². The van der Waals surface area contributed by atoms with Crippen LogP contribution in [0.3, 0.4) is 0 Å². The molecule has 1 fully saturated rings. The molecule has 0 saturated heterocycles. The first-order valence-electron chi connectivity index (χ1n) is 6.72. The Labute approximate surface area is 131 Å². The van der Waals surface area contributed by atoms with Crippen LogP contribution in [0.5, 0.6) is 0 Å². The van der Waals surface area contributed by atoms with Crippen molar-refractivity contribution in [2.75, 3.05) is 13.1 Å². The van der Waals surface area contributed by atoms with E-state index in [4.69, 9.17) is 0 Å². The summed E-state index contributed by atoms with van der Waals surface area (Å²) in [5.74, 6) is 2.62. The first-order valence-corrected chi connectivity index (χ1v) is 6.72. The maximum absolute atomic E-state index is 4.54. The molecule has 0 amide bonds. The van der Waals surface area contributed by atoms with Gasteiger partial charge in [0.15, 0.2) is 11.8 Å². The van der Waals surface area contributed by atoms with Crippen LogP contribution in [0.2, 0.25) is 0 Å². The van der Waals surface area contributed by atoms with E-state index < -0.39 is 0 Å². The summed E-state index contributed by atoms with van der Waals surface area (Å²) in [6, 6.07) is 0. The van der Waals surface area contributed by atoms with Crippen molar-refractivity contribution < 1.29 is 0 Å². The first-order chi connectivity index (χ1) is 8.83. The normalized spacial score (nSPS) is 14.9. The Morgan fingerprint density at radius 1 is 1.42 bits per heavy atom. The summed E-state index contributed by atoms with van der Waals surface area (Å²) in [5, 5.41) is 14.6. The molecular weight excluding hydrogens is 355 g/mol. The summed E-state index contributed by atoms with van der Waals surface area (Å²) in [7, 11) is 0. The molecule has 0 radical (unpaired) electrons. The zero-order chi connectivity index (χ0) is 12.8. The maximum atomic E-state index is 4.54. The van der Waals surface area contributed by atoms with Crippen LogP contribution in [0.4, 0.5) is 0 Å². The smallest absolute Gasteiger partial charge is 0.191 e. The van der Waals surface area contributed by atoms with Crippen LogP contribution in [0, 0.1) is 5.92 Å². The second kappa shape index (κ2) is 8.34. The number of rotatable bonds is 6. The van der Waals surface area contributed by atoms with Gasteiger partial charge in [0.05, 0.1) is 0 Å². The molecule has 1 aliphatic carbocycles. The molecular formula is C12H23IN6. The van der Waals surface area contributed by atoms with Crippen LogP contribution in [0.1, 0.15) is 32.5 Å². The highest BCUT2D eigenvalue weighted by Crippen LogP contribution is 2.27. The molecule has 0 bridgehead atoms. The standard InChI is InChI=1S/C12H22N6.HI/c1-3-13-12(14-7-10-5-6-10)15-8-11-17-16-9-18(11)4-2;/h9-10H,3-8H2,1-2H3,(H2,13,14,15);1H. The summed E-state index contributed by atoms with van der Waals surface area (Å²) >= 11 is 0. The number of nitrogens with one attached hydrogen (secondary N) is 2. The summed E-state index contributed by atoms with van der Waals surface area (Å²) in [4.78, 5) is 4.54. The number of hydrogen-bond acceptors (Lipinski definition) is 3. The maximum Gasteiger partial charge on any atom is 0.191 e. The number of aromatic nitrogens is 3. The first kappa shape index (κ1) is 16.2. The molecule has 2 rings (SSSR count). The molecule has 6 nitrogen and oxygen atoms in total. The monoisotopic (exact) mass is 378 g/mol. The number of guanidine groups is 1. The van der Waals surface area contributed by atoms with Crippen LogP contribution in [0.25, 0.3) is 0 Å². The van der Waals surface area contributed by atoms with Gasteiger partial charge in [-0.15, -0.1) is 34.2 Å². The molecule has 0 spiro atoms. The highest BCUT2D eigenvalue weighted by atomic mass is 127. The van der Waals surface area contributed by atoms with E-state index in [-0.39, 0.29) is 24.0 Å². The van der Waals surface area contributed by atoms with Crippen molar-refractivity contribution in [3.8, 4) is 0 Å².